The zero-order valence-electron chi connectivity index (χ0n) is 13.3. The van der Waals surface area contributed by atoms with Gasteiger partial charge >= 0.3 is 0 Å². The van der Waals surface area contributed by atoms with Crippen molar-refractivity contribution in [3.63, 3.8) is 0 Å². The van der Waals surface area contributed by atoms with E-state index >= 15 is 0 Å². The predicted octanol–water partition coefficient (Wildman–Crippen LogP) is 3.42. The smallest absolute Gasteiger partial charge is 0.191 e. The first-order valence-electron chi connectivity index (χ1n) is 7.59. The SMILES string of the molecule is CCNC(=NCc1ccco1)NCC(C)c1ccc(F)c(F)c1. The topological polar surface area (TPSA) is 49.6 Å². The average Bonchev–Trinajstić information content (AvgIpc) is 3.06. The summed E-state index contributed by atoms with van der Waals surface area (Å²) in [6.45, 7) is 5.62. The quantitative estimate of drug-likeness (QED) is 0.633. The van der Waals surface area contributed by atoms with Crippen molar-refractivity contribution in [3.8, 4) is 0 Å². The molecular formula is C17H21F2N3O. The zero-order chi connectivity index (χ0) is 16.7. The van der Waals surface area contributed by atoms with E-state index < -0.39 is 11.6 Å². The molecule has 6 heteroatoms. The molecule has 0 spiro atoms. The number of halogens is 2. The van der Waals surface area contributed by atoms with Crippen LogP contribution in [0.5, 0.6) is 0 Å². The van der Waals surface area contributed by atoms with Gasteiger partial charge in [0.15, 0.2) is 17.6 Å². The van der Waals surface area contributed by atoms with Gasteiger partial charge in [-0.25, -0.2) is 13.8 Å². The van der Waals surface area contributed by atoms with Crippen molar-refractivity contribution in [2.45, 2.75) is 26.3 Å². The van der Waals surface area contributed by atoms with Crippen LogP contribution in [0.1, 0.15) is 31.1 Å². The Kier molecular flexibility index (Phi) is 6.14. The van der Waals surface area contributed by atoms with Crippen molar-refractivity contribution >= 4 is 5.96 Å². The first kappa shape index (κ1) is 17.0. The van der Waals surface area contributed by atoms with Crippen LogP contribution in [0.4, 0.5) is 8.78 Å². The number of nitrogens with one attached hydrogen (secondary N) is 2. The van der Waals surface area contributed by atoms with Gasteiger partial charge < -0.3 is 15.1 Å². The van der Waals surface area contributed by atoms with E-state index in [9.17, 15) is 8.78 Å². The number of rotatable bonds is 6. The summed E-state index contributed by atoms with van der Waals surface area (Å²) < 4.78 is 31.5. The van der Waals surface area contributed by atoms with Crippen LogP contribution < -0.4 is 10.6 Å². The van der Waals surface area contributed by atoms with Gasteiger partial charge in [0.05, 0.1) is 6.26 Å². The third-order valence-corrected chi connectivity index (χ3v) is 3.41. The van der Waals surface area contributed by atoms with Crippen molar-refractivity contribution in [1.82, 2.24) is 10.6 Å². The summed E-state index contributed by atoms with van der Waals surface area (Å²) in [5, 5.41) is 6.33. The minimum absolute atomic E-state index is 0.0116. The molecule has 0 aliphatic heterocycles. The van der Waals surface area contributed by atoms with Gasteiger partial charge in [-0.05, 0) is 42.7 Å². The molecule has 124 valence electrons. The molecule has 0 aliphatic carbocycles. The van der Waals surface area contributed by atoms with Crippen LogP contribution >= 0.6 is 0 Å². The molecule has 0 saturated carbocycles. The lowest BCUT2D eigenvalue weighted by molar-refractivity contribution is 0.505. The highest BCUT2D eigenvalue weighted by Crippen LogP contribution is 2.17. The molecule has 1 atom stereocenters. The van der Waals surface area contributed by atoms with E-state index in [1.165, 1.54) is 6.07 Å². The summed E-state index contributed by atoms with van der Waals surface area (Å²) in [6, 6.07) is 7.65. The van der Waals surface area contributed by atoms with E-state index in [2.05, 4.69) is 15.6 Å². The fourth-order valence-corrected chi connectivity index (χ4v) is 2.09. The zero-order valence-corrected chi connectivity index (χ0v) is 13.3. The van der Waals surface area contributed by atoms with E-state index in [-0.39, 0.29) is 5.92 Å². The normalized spacial score (nSPS) is 13.0. The van der Waals surface area contributed by atoms with Crippen LogP contribution in [0, 0.1) is 11.6 Å². The average molecular weight is 321 g/mol. The Morgan fingerprint density at radius 1 is 1.22 bits per heavy atom. The van der Waals surface area contributed by atoms with Gasteiger partial charge in [-0.1, -0.05) is 13.0 Å². The maximum Gasteiger partial charge on any atom is 0.191 e. The van der Waals surface area contributed by atoms with Crippen LogP contribution in [0.15, 0.2) is 46.0 Å². The fourth-order valence-electron chi connectivity index (χ4n) is 2.09. The monoisotopic (exact) mass is 321 g/mol. The maximum absolute atomic E-state index is 13.3. The maximum atomic E-state index is 13.3. The van der Waals surface area contributed by atoms with Crippen LogP contribution in [-0.4, -0.2) is 19.0 Å². The van der Waals surface area contributed by atoms with Gasteiger partial charge in [0, 0.05) is 13.1 Å². The number of hydrogen-bond acceptors (Lipinski definition) is 2. The molecule has 0 radical (unpaired) electrons. The molecule has 0 bridgehead atoms. The minimum atomic E-state index is -0.831. The van der Waals surface area contributed by atoms with Gasteiger partial charge in [-0.15, -0.1) is 0 Å². The van der Waals surface area contributed by atoms with Crippen LogP contribution in [0.25, 0.3) is 0 Å². The van der Waals surface area contributed by atoms with Gasteiger partial charge in [-0.2, -0.15) is 0 Å². The lowest BCUT2D eigenvalue weighted by Gasteiger charge is -2.16. The van der Waals surface area contributed by atoms with Crippen molar-refractivity contribution in [2.75, 3.05) is 13.1 Å². The molecule has 0 aliphatic rings. The summed E-state index contributed by atoms with van der Waals surface area (Å²) in [5.41, 5.74) is 0.735. The standard InChI is InChI=1S/C17H21F2N3O/c1-3-20-17(22-11-14-5-4-8-23-14)21-10-12(2)13-6-7-15(18)16(19)9-13/h4-9,12H,3,10-11H2,1-2H3,(H2,20,21,22). The summed E-state index contributed by atoms with van der Waals surface area (Å²) in [7, 11) is 0. The highest BCUT2D eigenvalue weighted by molar-refractivity contribution is 5.79. The van der Waals surface area contributed by atoms with Crippen molar-refractivity contribution < 1.29 is 13.2 Å². The van der Waals surface area contributed by atoms with Gasteiger partial charge in [0.1, 0.15) is 12.3 Å². The first-order chi connectivity index (χ1) is 11.1. The molecular weight excluding hydrogens is 300 g/mol. The molecule has 2 rings (SSSR count). The van der Waals surface area contributed by atoms with E-state index in [0.29, 0.717) is 19.0 Å². The molecule has 0 amide bonds. The van der Waals surface area contributed by atoms with Crippen LogP contribution in [0.2, 0.25) is 0 Å². The van der Waals surface area contributed by atoms with Crippen molar-refractivity contribution in [2.24, 2.45) is 4.99 Å². The molecule has 23 heavy (non-hydrogen) atoms. The Morgan fingerprint density at radius 2 is 2.04 bits per heavy atom. The second-order valence-corrected chi connectivity index (χ2v) is 5.23. The third-order valence-electron chi connectivity index (χ3n) is 3.41. The number of benzene rings is 1. The number of furan rings is 1. The lowest BCUT2D eigenvalue weighted by Crippen LogP contribution is -2.39. The molecule has 1 heterocycles. The number of aliphatic imine (C=N–C) groups is 1. The van der Waals surface area contributed by atoms with Crippen molar-refractivity contribution in [3.05, 3.63) is 59.6 Å². The Morgan fingerprint density at radius 3 is 2.70 bits per heavy atom. The summed E-state index contributed by atoms with van der Waals surface area (Å²) in [6.07, 6.45) is 1.61. The van der Waals surface area contributed by atoms with Crippen LogP contribution in [0.3, 0.4) is 0 Å². The number of guanidine groups is 1. The Bertz CT molecular complexity index is 641. The minimum Gasteiger partial charge on any atom is -0.467 e. The van der Waals surface area contributed by atoms with Crippen molar-refractivity contribution in [1.29, 1.82) is 0 Å². The highest BCUT2D eigenvalue weighted by Gasteiger charge is 2.10. The third kappa shape index (κ3) is 5.09. The number of hydrogen-bond donors (Lipinski definition) is 2. The highest BCUT2D eigenvalue weighted by atomic mass is 19.2. The Balaban J connectivity index is 1.94. The van der Waals surface area contributed by atoms with Crippen LogP contribution in [-0.2, 0) is 6.54 Å². The second-order valence-electron chi connectivity index (χ2n) is 5.23. The molecule has 0 fully saturated rings. The van der Waals surface area contributed by atoms with E-state index in [0.717, 1.165) is 23.9 Å². The molecule has 0 saturated heterocycles. The lowest BCUT2D eigenvalue weighted by atomic mass is 10.0. The summed E-state index contributed by atoms with van der Waals surface area (Å²) >= 11 is 0. The summed E-state index contributed by atoms with van der Waals surface area (Å²) in [5.74, 6) is -0.221. The first-order valence-corrected chi connectivity index (χ1v) is 7.59. The molecule has 1 unspecified atom stereocenters. The van der Waals surface area contributed by atoms with E-state index in [4.69, 9.17) is 4.42 Å². The van der Waals surface area contributed by atoms with E-state index in [1.54, 1.807) is 12.3 Å². The predicted molar refractivity (Wildman–Crippen MR) is 86.3 cm³/mol. The van der Waals surface area contributed by atoms with Gasteiger partial charge in [0.2, 0.25) is 0 Å². The van der Waals surface area contributed by atoms with E-state index in [1.807, 2.05) is 26.0 Å². The second kappa shape index (κ2) is 8.31. The molecule has 2 N–H and O–H groups in total. The summed E-state index contributed by atoms with van der Waals surface area (Å²) in [4.78, 5) is 4.42. The molecule has 1 aromatic heterocycles. The largest absolute Gasteiger partial charge is 0.467 e. The Hall–Kier alpha value is -2.37. The number of nitrogens with zero attached hydrogens (tertiary/aromatic N) is 1. The fraction of sp³-hybridized carbons (Fsp3) is 0.353. The molecule has 1 aromatic carbocycles. The van der Waals surface area contributed by atoms with Gasteiger partial charge in [0.25, 0.3) is 0 Å². The van der Waals surface area contributed by atoms with Gasteiger partial charge in [-0.3, -0.25) is 0 Å². The Labute approximate surface area is 134 Å². The molecule has 2 aromatic rings. The molecule has 4 nitrogen and oxygen atoms in total.